The summed E-state index contributed by atoms with van der Waals surface area (Å²) in [6.45, 7) is 3.75. The number of nitrogens with zero attached hydrogens (tertiary/aromatic N) is 3. The van der Waals surface area contributed by atoms with Gasteiger partial charge in [-0.05, 0) is 43.0 Å². The Morgan fingerprint density at radius 3 is 2.93 bits per heavy atom. The molecular formula is C21H21N3O4S. The van der Waals surface area contributed by atoms with Crippen LogP contribution in [0.5, 0.6) is 0 Å². The molecule has 2 heterocycles. The molecule has 0 amide bonds. The van der Waals surface area contributed by atoms with Crippen LogP contribution in [-0.4, -0.2) is 29.0 Å². The Labute approximate surface area is 172 Å². The summed E-state index contributed by atoms with van der Waals surface area (Å²) in [6.07, 6.45) is 2.13. The molecule has 0 radical (unpaired) electrons. The Bertz CT molecular complexity index is 1030. The zero-order valence-corrected chi connectivity index (χ0v) is 16.9. The number of carbonyl (C=O) groups is 1. The topological polar surface area (TPSA) is 85.6 Å². The largest absolute Gasteiger partial charge is 0.455 e. The van der Waals surface area contributed by atoms with Crippen molar-refractivity contribution in [3.63, 3.8) is 0 Å². The summed E-state index contributed by atoms with van der Waals surface area (Å²) in [6, 6.07) is 12.3. The molecule has 0 saturated carbocycles. The average Bonchev–Trinajstić information content (AvgIpc) is 3.14. The fourth-order valence-corrected chi connectivity index (χ4v) is 4.55. The van der Waals surface area contributed by atoms with E-state index in [0.29, 0.717) is 16.6 Å². The van der Waals surface area contributed by atoms with Gasteiger partial charge in [0.25, 0.3) is 5.69 Å². The Morgan fingerprint density at radius 1 is 1.34 bits per heavy atom. The molecule has 7 nitrogen and oxygen atoms in total. The number of anilines is 1. The number of nitro benzene ring substituents is 1. The first kappa shape index (κ1) is 19.3. The monoisotopic (exact) mass is 411 g/mol. The van der Waals surface area contributed by atoms with Crippen molar-refractivity contribution in [3.05, 3.63) is 63.1 Å². The molecule has 29 heavy (non-hydrogen) atoms. The Morgan fingerprint density at radius 2 is 2.17 bits per heavy atom. The van der Waals surface area contributed by atoms with Crippen LogP contribution in [0.3, 0.4) is 0 Å². The fourth-order valence-electron chi connectivity index (χ4n) is 3.66. The number of nitro groups is 1. The molecule has 1 aliphatic heterocycles. The first-order chi connectivity index (χ1) is 14.0. The molecule has 1 saturated heterocycles. The van der Waals surface area contributed by atoms with E-state index in [9.17, 15) is 14.9 Å². The van der Waals surface area contributed by atoms with Crippen molar-refractivity contribution in [3.8, 4) is 0 Å². The van der Waals surface area contributed by atoms with Crippen molar-refractivity contribution in [1.82, 2.24) is 4.98 Å². The molecule has 4 rings (SSSR count). The minimum absolute atomic E-state index is 0.0391. The van der Waals surface area contributed by atoms with Gasteiger partial charge in [-0.15, -0.1) is 11.3 Å². The number of para-hydroxylation sites is 1. The lowest BCUT2D eigenvalue weighted by atomic mass is 9.99. The number of benzene rings is 2. The summed E-state index contributed by atoms with van der Waals surface area (Å²) in [5, 5.41) is 12.3. The molecule has 1 aromatic heterocycles. The minimum atomic E-state index is -0.592. The van der Waals surface area contributed by atoms with E-state index in [1.807, 2.05) is 29.2 Å². The zero-order valence-electron chi connectivity index (χ0n) is 16.0. The molecular weight excluding hydrogens is 390 g/mol. The van der Waals surface area contributed by atoms with Crippen LogP contribution in [0.1, 0.15) is 35.1 Å². The highest BCUT2D eigenvalue weighted by Gasteiger charge is 2.25. The van der Waals surface area contributed by atoms with Crippen molar-refractivity contribution in [1.29, 1.82) is 0 Å². The number of hydrogen-bond acceptors (Lipinski definition) is 7. The summed E-state index contributed by atoms with van der Waals surface area (Å²) in [5.41, 5.74) is 1.53. The predicted octanol–water partition coefficient (Wildman–Crippen LogP) is 4.80. The van der Waals surface area contributed by atoms with Gasteiger partial charge in [-0.2, -0.15) is 0 Å². The standard InChI is InChI=1S/C21H21N3O4S/c1-14-5-4-10-23(12-14)17-9-8-15(11-18(17)24(26)27)21(25)28-13-20-22-16-6-2-3-7-19(16)29-20/h2-3,6-9,11,14H,4-5,10,12-13H2,1H3/t14-/m1/s1. The Kier molecular flexibility index (Phi) is 5.44. The predicted molar refractivity (Wildman–Crippen MR) is 112 cm³/mol. The van der Waals surface area contributed by atoms with Crippen LogP contribution in [-0.2, 0) is 11.3 Å². The van der Waals surface area contributed by atoms with E-state index in [4.69, 9.17) is 4.74 Å². The summed E-state index contributed by atoms with van der Waals surface area (Å²) in [5.74, 6) is -0.104. The lowest BCUT2D eigenvalue weighted by Crippen LogP contribution is -2.34. The molecule has 1 fully saturated rings. The summed E-state index contributed by atoms with van der Waals surface area (Å²) < 4.78 is 6.38. The van der Waals surface area contributed by atoms with Crippen molar-refractivity contribution < 1.29 is 14.5 Å². The normalized spacial score (nSPS) is 16.7. The van der Waals surface area contributed by atoms with Gasteiger partial charge in [0, 0.05) is 19.2 Å². The molecule has 0 bridgehead atoms. The Balaban J connectivity index is 1.50. The third-order valence-electron chi connectivity index (χ3n) is 5.07. The SMILES string of the molecule is C[C@@H]1CCCN(c2ccc(C(=O)OCc3nc4ccccc4s3)cc2[N+](=O)[O-])C1. The number of piperidine rings is 1. The number of thiazole rings is 1. The third-order valence-corrected chi connectivity index (χ3v) is 6.08. The molecule has 3 aromatic rings. The quantitative estimate of drug-likeness (QED) is 0.341. The van der Waals surface area contributed by atoms with Gasteiger partial charge >= 0.3 is 5.97 Å². The number of aromatic nitrogens is 1. The van der Waals surface area contributed by atoms with Crippen LogP contribution >= 0.6 is 11.3 Å². The summed E-state index contributed by atoms with van der Waals surface area (Å²) in [7, 11) is 0. The Hall–Kier alpha value is -3.00. The molecule has 8 heteroatoms. The molecule has 0 spiro atoms. The van der Waals surface area contributed by atoms with Gasteiger partial charge in [0.2, 0.25) is 0 Å². The first-order valence-electron chi connectivity index (χ1n) is 9.56. The van der Waals surface area contributed by atoms with E-state index < -0.39 is 10.9 Å². The molecule has 0 unspecified atom stereocenters. The molecule has 0 aliphatic carbocycles. The van der Waals surface area contributed by atoms with Gasteiger partial charge in [0.1, 0.15) is 17.3 Å². The molecule has 1 atom stereocenters. The minimum Gasteiger partial charge on any atom is -0.455 e. The van der Waals surface area contributed by atoms with Crippen LogP contribution < -0.4 is 4.90 Å². The number of hydrogen-bond donors (Lipinski definition) is 0. The fraction of sp³-hybridized carbons (Fsp3) is 0.333. The highest BCUT2D eigenvalue weighted by Crippen LogP contribution is 2.32. The lowest BCUT2D eigenvalue weighted by molar-refractivity contribution is -0.384. The van der Waals surface area contributed by atoms with Crippen LogP contribution in [0, 0.1) is 16.0 Å². The van der Waals surface area contributed by atoms with Gasteiger partial charge in [-0.25, -0.2) is 9.78 Å². The van der Waals surface area contributed by atoms with Crippen LogP contribution in [0.2, 0.25) is 0 Å². The van der Waals surface area contributed by atoms with Crippen molar-refractivity contribution in [2.45, 2.75) is 26.4 Å². The number of esters is 1. The maximum Gasteiger partial charge on any atom is 0.338 e. The number of fused-ring (bicyclic) bond motifs is 1. The second-order valence-electron chi connectivity index (χ2n) is 7.31. The first-order valence-corrected chi connectivity index (χ1v) is 10.4. The van der Waals surface area contributed by atoms with E-state index in [2.05, 4.69) is 11.9 Å². The average molecular weight is 411 g/mol. The summed E-state index contributed by atoms with van der Waals surface area (Å²) >= 11 is 1.46. The number of carbonyl (C=O) groups excluding carboxylic acids is 1. The number of ether oxygens (including phenoxy) is 1. The highest BCUT2D eigenvalue weighted by molar-refractivity contribution is 7.18. The van der Waals surface area contributed by atoms with Gasteiger partial charge in [0.05, 0.1) is 20.7 Å². The summed E-state index contributed by atoms with van der Waals surface area (Å²) in [4.78, 5) is 30.1. The highest BCUT2D eigenvalue weighted by atomic mass is 32.1. The van der Waals surface area contributed by atoms with Crippen molar-refractivity contribution in [2.75, 3.05) is 18.0 Å². The van der Waals surface area contributed by atoms with E-state index in [1.54, 1.807) is 12.1 Å². The maximum atomic E-state index is 12.5. The van der Waals surface area contributed by atoms with Crippen molar-refractivity contribution in [2.24, 2.45) is 5.92 Å². The van der Waals surface area contributed by atoms with E-state index >= 15 is 0 Å². The smallest absolute Gasteiger partial charge is 0.338 e. The van der Waals surface area contributed by atoms with Gasteiger partial charge in [-0.3, -0.25) is 10.1 Å². The third kappa shape index (κ3) is 4.22. The van der Waals surface area contributed by atoms with Crippen molar-refractivity contribution >= 4 is 38.9 Å². The second kappa shape index (κ2) is 8.16. The van der Waals surface area contributed by atoms with Gasteiger partial charge in [-0.1, -0.05) is 19.1 Å². The zero-order chi connectivity index (χ0) is 20.4. The second-order valence-corrected chi connectivity index (χ2v) is 8.42. The molecule has 0 N–H and O–H groups in total. The van der Waals surface area contributed by atoms with E-state index in [1.165, 1.54) is 17.4 Å². The van der Waals surface area contributed by atoms with Crippen LogP contribution in [0.4, 0.5) is 11.4 Å². The number of rotatable bonds is 5. The van der Waals surface area contributed by atoms with E-state index in [0.717, 1.165) is 36.1 Å². The van der Waals surface area contributed by atoms with Crippen LogP contribution in [0.25, 0.3) is 10.2 Å². The molecule has 150 valence electrons. The van der Waals surface area contributed by atoms with Gasteiger partial charge in [0.15, 0.2) is 0 Å². The van der Waals surface area contributed by atoms with Crippen LogP contribution in [0.15, 0.2) is 42.5 Å². The molecule has 2 aromatic carbocycles. The maximum absolute atomic E-state index is 12.5. The lowest BCUT2D eigenvalue weighted by Gasteiger charge is -2.32. The van der Waals surface area contributed by atoms with Gasteiger partial charge < -0.3 is 9.64 Å². The molecule has 1 aliphatic rings. The van der Waals surface area contributed by atoms with E-state index in [-0.39, 0.29) is 17.9 Å².